The lowest BCUT2D eigenvalue weighted by Gasteiger charge is -2.35. The lowest BCUT2D eigenvalue weighted by Crippen LogP contribution is -2.49. The molecule has 0 radical (unpaired) electrons. The number of ether oxygens (including phenoxy) is 3. The zero-order chi connectivity index (χ0) is 39.3. The van der Waals surface area contributed by atoms with Crippen molar-refractivity contribution in [2.45, 2.75) is 137 Å². The van der Waals surface area contributed by atoms with Crippen LogP contribution in [0.25, 0.3) is 0 Å². The smallest absolute Gasteiger partial charge is 0.410 e. The Labute approximate surface area is 344 Å². The van der Waals surface area contributed by atoms with Crippen molar-refractivity contribution in [3.8, 4) is 0 Å². The van der Waals surface area contributed by atoms with Crippen LogP contribution in [0.3, 0.4) is 0 Å². The van der Waals surface area contributed by atoms with Crippen LogP contribution in [0.5, 0.6) is 0 Å². The first-order chi connectivity index (χ1) is 25.6. The number of hydrogen-bond acceptors (Lipinski definition) is 10. The molecule has 1 aliphatic heterocycles. The minimum atomic E-state index is -0.563. The van der Waals surface area contributed by atoms with Crippen LogP contribution in [0, 0.1) is 5.92 Å². The molecule has 3 heterocycles. The third-order valence-corrected chi connectivity index (χ3v) is 11.0. The Kier molecular flexibility index (Phi) is 19.6. The van der Waals surface area contributed by atoms with Gasteiger partial charge in [0, 0.05) is 61.0 Å². The summed E-state index contributed by atoms with van der Waals surface area (Å²) < 4.78 is 16.9. The number of Topliss-reactive ketones (excluding diaryl/α,β-unsaturated/α-hetero) is 1. The van der Waals surface area contributed by atoms with Crippen LogP contribution in [0.1, 0.15) is 122 Å². The molecule has 0 aliphatic carbocycles. The maximum absolute atomic E-state index is 13.5. The molecule has 2 aromatic carbocycles. The van der Waals surface area contributed by atoms with Gasteiger partial charge in [0.1, 0.15) is 17.0 Å². The van der Waals surface area contributed by atoms with Crippen molar-refractivity contribution >= 4 is 40.5 Å². The summed E-state index contributed by atoms with van der Waals surface area (Å²) in [6, 6.07) is 20.2. The number of hydrogen-bond donors (Lipinski definition) is 0. The van der Waals surface area contributed by atoms with E-state index in [9.17, 15) is 14.4 Å². The first kappa shape index (κ1) is 48.2. The summed E-state index contributed by atoms with van der Waals surface area (Å²) in [6.07, 6.45) is 6.86. The fourth-order valence-electron chi connectivity index (χ4n) is 6.74. The lowest BCUT2D eigenvalue weighted by molar-refractivity contribution is -0.155. The summed E-state index contributed by atoms with van der Waals surface area (Å²) in [5.74, 6) is -0.290. The zero-order valence-electron chi connectivity index (χ0n) is 33.0. The Balaban J connectivity index is 0.000000409. The monoisotopic (exact) mass is 807 g/mol. The van der Waals surface area contributed by atoms with Gasteiger partial charge in [-0.15, -0.1) is 22.7 Å². The Morgan fingerprint density at radius 1 is 0.768 bits per heavy atom. The van der Waals surface area contributed by atoms with Gasteiger partial charge in [0.15, 0.2) is 0 Å². The molecule has 56 heavy (non-hydrogen) atoms. The zero-order valence-corrected chi connectivity index (χ0v) is 34.7. The number of carbonyl (C=O) groups excluding carboxylic acids is 3. The summed E-state index contributed by atoms with van der Waals surface area (Å²) in [5, 5.41) is 5.87. The number of benzene rings is 2. The number of amides is 1. The lowest BCUT2D eigenvalue weighted by atomic mass is 9.86. The van der Waals surface area contributed by atoms with E-state index in [0.717, 1.165) is 35.7 Å². The second kappa shape index (κ2) is 22.7. The minimum Gasteiger partial charge on any atom is -0.460 e. The van der Waals surface area contributed by atoms with Gasteiger partial charge in [0.05, 0.1) is 28.6 Å². The molecular weight excluding hydrogens is 743 g/mol. The second-order valence-corrected chi connectivity index (χ2v) is 17.7. The van der Waals surface area contributed by atoms with Crippen LogP contribution in [0.2, 0.25) is 0 Å². The molecule has 11 heteroatoms. The standard InChI is InChI=1S/C26H36N2O4S.C17H21NO2S.2CH4/c1-18(23(31-5)21-12-9-14-28(21)25(30)32-26(2,3)4)22(29)17-20(24-27-13-15-33-24)16-19-10-7-6-8-11-19;1-17(2,3)20-15(19)12-14(16-18-9-10-21-16)11-13-7-5-4-6-8-13;;/h6-8,10-11,13,15,18,20-21,23H,9,12,14,16-17H2,1-5H3;4-10,14H,11-12H2,1-3H3;2*1H4/t18-,20+,21-,23+;14-;;/m01../s1. The van der Waals surface area contributed by atoms with E-state index < -0.39 is 11.2 Å². The third-order valence-electron chi connectivity index (χ3n) is 9.11. The topological polar surface area (TPSA) is 108 Å². The van der Waals surface area contributed by atoms with Crippen LogP contribution in [0.4, 0.5) is 4.79 Å². The first-order valence-electron chi connectivity index (χ1n) is 18.8. The SMILES string of the molecule is C.C.CC(C)(C)OC(=O)C[C@@H](Cc1ccccc1)c1nccs1.CO[C@H]([C@@H](C)C(=O)C[C@@H](Cc1ccccc1)c1nccs1)[C@@H]1CCCN1C(=O)OC(C)(C)C. The van der Waals surface area contributed by atoms with Gasteiger partial charge in [0.2, 0.25) is 0 Å². The summed E-state index contributed by atoms with van der Waals surface area (Å²) in [5.41, 5.74) is 1.39. The van der Waals surface area contributed by atoms with Crippen molar-refractivity contribution in [3.63, 3.8) is 0 Å². The highest BCUT2D eigenvalue weighted by atomic mass is 32.1. The molecule has 0 bridgehead atoms. The number of aromatic nitrogens is 2. The van der Waals surface area contributed by atoms with E-state index >= 15 is 0 Å². The quantitative estimate of drug-likeness (QED) is 0.116. The average Bonchev–Trinajstić information content (AvgIpc) is 3.92. The molecule has 0 N–H and O–H groups in total. The summed E-state index contributed by atoms with van der Waals surface area (Å²) in [7, 11) is 1.63. The molecular formula is C45H65N3O6S2. The predicted molar refractivity (Wildman–Crippen MR) is 229 cm³/mol. The van der Waals surface area contributed by atoms with Crippen LogP contribution in [-0.4, -0.2) is 69.7 Å². The molecule has 0 spiro atoms. The van der Waals surface area contributed by atoms with Gasteiger partial charge in [-0.05, 0) is 78.4 Å². The molecule has 0 unspecified atom stereocenters. The fourth-order valence-corrected chi connectivity index (χ4v) is 8.22. The molecule has 5 atom stereocenters. The van der Waals surface area contributed by atoms with Crippen molar-refractivity contribution in [1.29, 1.82) is 0 Å². The number of esters is 1. The highest BCUT2D eigenvalue weighted by molar-refractivity contribution is 7.09. The molecule has 0 saturated carbocycles. The third kappa shape index (κ3) is 15.5. The van der Waals surface area contributed by atoms with Crippen LogP contribution >= 0.6 is 22.7 Å². The van der Waals surface area contributed by atoms with E-state index in [-0.39, 0.29) is 62.6 Å². The summed E-state index contributed by atoms with van der Waals surface area (Å²) in [6.45, 7) is 13.8. The van der Waals surface area contributed by atoms with Gasteiger partial charge >= 0.3 is 12.1 Å². The molecule has 1 aliphatic rings. The summed E-state index contributed by atoms with van der Waals surface area (Å²) in [4.78, 5) is 49.0. The van der Waals surface area contributed by atoms with E-state index in [1.54, 1.807) is 47.1 Å². The largest absolute Gasteiger partial charge is 0.460 e. The number of ketones is 1. The van der Waals surface area contributed by atoms with E-state index in [0.29, 0.717) is 19.4 Å². The molecule has 1 amide bonds. The van der Waals surface area contributed by atoms with Gasteiger partial charge in [-0.2, -0.15) is 0 Å². The fraction of sp³-hybridized carbons (Fsp3) is 0.533. The van der Waals surface area contributed by atoms with Crippen LogP contribution < -0.4 is 0 Å². The van der Waals surface area contributed by atoms with Crippen molar-refractivity contribution in [3.05, 3.63) is 105 Å². The Hall–Kier alpha value is -3.93. The number of likely N-dealkylation sites (tertiary alicyclic amines) is 1. The molecule has 9 nitrogen and oxygen atoms in total. The van der Waals surface area contributed by atoms with Gasteiger partial charge in [0.25, 0.3) is 0 Å². The highest BCUT2D eigenvalue weighted by Gasteiger charge is 2.41. The number of carbonyl (C=O) groups is 3. The van der Waals surface area contributed by atoms with Gasteiger partial charge in [-0.25, -0.2) is 14.8 Å². The number of thiazole rings is 2. The molecule has 4 aromatic rings. The highest BCUT2D eigenvalue weighted by Crippen LogP contribution is 2.32. The van der Waals surface area contributed by atoms with Gasteiger partial charge < -0.3 is 19.1 Å². The minimum absolute atomic E-state index is 0. The molecule has 5 rings (SSSR count). The van der Waals surface area contributed by atoms with Crippen molar-refractivity contribution in [1.82, 2.24) is 14.9 Å². The van der Waals surface area contributed by atoms with Crippen LogP contribution in [0.15, 0.2) is 83.8 Å². The Morgan fingerprint density at radius 3 is 1.68 bits per heavy atom. The second-order valence-electron chi connectivity index (χ2n) is 15.8. The normalized spacial score (nSPS) is 16.1. The number of methoxy groups -OCH3 is 1. The van der Waals surface area contributed by atoms with Crippen molar-refractivity contribution in [2.75, 3.05) is 13.7 Å². The van der Waals surface area contributed by atoms with Crippen molar-refractivity contribution in [2.24, 2.45) is 5.92 Å². The maximum Gasteiger partial charge on any atom is 0.410 e. The van der Waals surface area contributed by atoms with E-state index in [1.165, 1.54) is 11.1 Å². The van der Waals surface area contributed by atoms with E-state index in [4.69, 9.17) is 14.2 Å². The molecule has 1 fully saturated rings. The Morgan fingerprint density at radius 2 is 1.25 bits per heavy atom. The van der Waals surface area contributed by atoms with E-state index in [2.05, 4.69) is 34.2 Å². The average molecular weight is 808 g/mol. The van der Waals surface area contributed by atoms with Crippen molar-refractivity contribution < 1.29 is 28.6 Å². The molecule has 2 aromatic heterocycles. The van der Waals surface area contributed by atoms with E-state index in [1.807, 2.05) is 95.6 Å². The van der Waals surface area contributed by atoms with Gasteiger partial charge in [-0.1, -0.05) is 82.4 Å². The number of rotatable bonds is 14. The van der Waals surface area contributed by atoms with Crippen LogP contribution in [-0.2, 0) is 36.6 Å². The Bertz CT molecular complexity index is 1700. The maximum atomic E-state index is 13.5. The molecule has 308 valence electrons. The van der Waals surface area contributed by atoms with Gasteiger partial charge in [-0.3, -0.25) is 9.59 Å². The molecule has 1 saturated heterocycles. The predicted octanol–water partition coefficient (Wildman–Crippen LogP) is 11.0. The number of nitrogens with zero attached hydrogens (tertiary/aromatic N) is 3. The first-order valence-corrected chi connectivity index (χ1v) is 20.5. The summed E-state index contributed by atoms with van der Waals surface area (Å²) >= 11 is 3.18.